The highest BCUT2D eigenvalue weighted by molar-refractivity contribution is 5.95. The lowest BCUT2D eigenvalue weighted by molar-refractivity contribution is -0.140. The van der Waals surface area contributed by atoms with Crippen LogP contribution in [0.15, 0.2) is 76.2 Å². The maximum absolute atomic E-state index is 12.1. The maximum atomic E-state index is 12.1. The molecule has 0 bridgehead atoms. The van der Waals surface area contributed by atoms with Gasteiger partial charge in [0.15, 0.2) is 5.70 Å². The molecule has 2 aromatic rings. The summed E-state index contributed by atoms with van der Waals surface area (Å²) in [7, 11) is 0. The van der Waals surface area contributed by atoms with Crippen LogP contribution in [0.1, 0.15) is 23.6 Å². The Morgan fingerprint density at radius 1 is 1.12 bits per heavy atom. The minimum atomic E-state index is -0.447. The Morgan fingerprint density at radius 2 is 1.88 bits per heavy atom. The average Bonchev–Trinajstić information content (AvgIpc) is 3.23. The van der Waals surface area contributed by atoms with Gasteiger partial charge in [-0.2, -0.15) is 10.2 Å². The second-order valence-electron chi connectivity index (χ2n) is 5.79. The molecule has 1 saturated heterocycles. The van der Waals surface area contributed by atoms with E-state index in [1.54, 1.807) is 5.01 Å². The molecule has 2 aliphatic heterocycles. The van der Waals surface area contributed by atoms with Gasteiger partial charge >= 0.3 is 5.97 Å². The van der Waals surface area contributed by atoms with E-state index in [4.69, 9.17) is 4.84 Å². The lowest BCUT2D eigenvalue weighted by atomic mass is 10.0. The summed E-state index contributed by atoms with van der Waals surface area (Å²) in [4.78, 5) is 17.1. The van der Waals surface area contributed by atoms with E-state index in [1.807, 2.05) is 49.4 Å². The number of hydrogen-bond donors (Lipinski definition) is 1. The number of nitrogens with zero attached hydrogens (tertiary/aromatic N) is 3. The van der Waals surface area contributed by atoms with Crippen LogP contribution in [0.5, 0.6) is 0 Å². The van der Waals surface area contributed by atoms with E-state index in [0.717, 1.165) is 11.3 Å². The van der Waals surface area contributed by atoms with Gasteiger partial charge in [-0.15, -0.1) is 0 Å². The SMILES string of the molecule is Cc1ccc(C2CC(=C3C(=O)ONN3c3ccccc3)N=N2)cc1. The lowest BCUT2D eigenvalue weighted by Gasteiger charge is -2.16. The van der Waals surface area contributed by atoms with E-state index in [2.05, 4.69) is 28.0 Å². The molecular formula is C18H16N4O2. The number of nitrogens with one attached hydrogen (secondary N) is 1. The third-order valence-corrected chi connectivity index (χ3v) is 4.10. The number of benzene rings is 2. The van der Waals surface area contributed by atoms with Gasteiger partial charge in [-0.05, 0) is 24.6 Å². The molecule has 0 aromatic heterocycles. The van der Waals surface area contributed by atoms with Crippen LogP contribution < -0.4 is 10.6 Å². The van der Waals surface area contributed by atoms with Gasteiger partial charge in [0.05, 0.1) is 11.4 Å². The number of azo groups is 1. The van der Waals surface area contributed by atoms with Crippen LogP contribution in [0.3, 0.4) is 0 Å². The maximum Gasteiger partial charge on any atom is 0.378 e. The highest BCUT2D eigenvalue weighted by Crippen LogP contribution is 2.36. The summed E-state index contributed by atoms with van der Waals surface area (Å²) in [5.41, 5.74) is 6.74. The first-order chi connectivity index (χ1) is 11.7. The summed E-state index contributed by atoms with van der Waals surface area (Å²) in [6, 6.07) is 17.6. The van der Waals surface area contributed by atoms with Gasteiger partial charge in [0.2, 0.25) is 0 Å². The van der Waals surface area contributed by atoms with Crippen LogP contribution in [-0.2, 0) is 9.63 Å². The van der Waals surface area contributed by atoms with Gasteiger partial charge in [-0.1, -0.05) is 53.6 Å². The molecular weight excluding hydrogens is 304 g/mol. The summed E-state index contributed by atoms with van der Waals surface area (Å²) in [5, 5.41) is 10.2. The average molecular weight is 320 g/mol. The number of hydrogen-bond acceptors (Lipinski definition) is 6. The molecule has 120 valence electrons. The largest absolute Gasteiger partial charge is 0.378 e. The first-order valence-electron chi connectivity index (χ1n) is 7.75. The molecule has 0 radical (unpaired) electrons. The number of anilines is 1. The van der Waals surface area contributed by atoms with Crippen molar-refractivity contribution in [2.75, 3.05) is 5.01 Å². The molecule has 2 aliphatic rings. The molecule has 24 heavy (non-hydrogen) atoms. The summed E-state index contributed by atoms with van der Waals surface area (Å²) in [5.74, 6) is -0.447. The third-order valence-electron chi connectivity index (χ3n) is 4.10. The summed E-state index contributed by atoms with van der Waals surface area (Å²) in [6.07, 6.45) is 0.568. The second kappa shape index (κ2) is 5.90. The predicted octanol–water partition coefficient (Wildman–Crippen LogP) is 3.59. The Morgan fingerprint density at radius 3 is 2.62 bits per heavy atom. The Labute approximate surface area is 139 Å². The Kier molecular flexibility index (Phi) is 3.59. The van der Waals surface area contributed by atoms with Crippen molar-refractivity contribution in [2.24, 2.45) is 10.2 Å². The highest BCUT2D eigenvalue weighted by atomic mass is 16.7. The summed E-state index contributed by atoms with van der Waals surface area (Å²) >= 11 is 0. The second-order valence-corrected chi connectivity index (χ2v) is 5.79. The molecule has 1 unspecified atom stereocenters. The molecule has 6 nitrogen and oxygen atoms in total. The van der Waals surface area contributed by atoms with Crippen molar-refractivity contribution in [2.45, 2.75) is 19.4 Å². The monoisotopic (exact) mass is 320 g/mol. The highest BCUT2D eigenvalue weighted by Gasteiger charge is 2.35. The van der Waals surface area contributed by atoms with Crippen LogP contribution in [0.2, 0.25) is 0 Å². The number of carbonyl (C=O) groups is 1. The van der Waals surface area contributed by atoms with Gasteiger partial charge in [0.25, 0.3) is 0 Å². The zero-order valence-electron chi connectivity index (χ0n) is 13.1. The minimum Gasteiger partial charge on any atom is -0.345 e. The normalized spacial score (nSPS) is 23.0. The Balaban J connectivity index is 1.65. The Bertz CT molecular complexity index is 828. The van der Waals surface area contributed by atoms with Crippen LogP contribution >= 0.6 is 0 Å². The van der Waals surface area contributed by atoms with Crippen molar-refractivity contribution < 1.29 is 9.63 Å². The first kappa shape index (κ1) is 14.6. The molecule has 2 aromatic carbocycles. The van der Waals surface area contributed by atoms with E-state index < -0.39 is 5.97 Å². The zero-order valence-corrected chi connectivity index (χ0v) is 13.1. The fourth-order valence-electron chi connectivity index (χ4n) is 2.80. The smallest absolute Gasteiger partial charge is 0.345 e. The van der Waals surface area contributed by atoms with Gasteiger partial charge in [0, 0.05) is 6.42 Å². The van der Waals surface area contributed by atoms with Crippen molar-refractivity contribution >= 4 is 11.7 Å². The van der Waals surface area contributed by atoms with Crippen LogP contribution in [0.25, 0.3) is 0 Å². The number of carbonyl (C=O) groups excluding carboxylic acids is 1. The fraction of sp³-hybridized carbons (Fsp3) is 0.167. The predicted molar refractivity (Wildman–Crippen MR) is 88.6 cm³/mol. The summed E-state index contributed by atoms with van der Waals surface area (Å²) in [6.45, 7) is 2.05. The molecule has 0 aliphatic carbocycles. The molecule has 0 amide bonds. The molecule has 1 fully saturated rings. The van der Waals surface area contributed by atoms with Crippen molar-refractivity contribution in [3.05, 3.63) is 77.1 Å². The Hall–Kier alpha value is -2.99. The number of aryl methyl sites for hydroxylation is 1. The molecule has 0 spiro atoms. The zero-order chi connectivity index (χ0) is 16.5. The number of hydrazine groups is 1. The summed E-state index contributed by atoms with van der Waals surface area (Å²) < 4.78 is 0. The number of rotatable bonds is 2. The van der Waals surface area contributed by atoms with E-state index in [0.29, 0.717) is 17.8 Å². The quantitative estimate of drug-likeness (QED) is 0.859. The molecule has 2 heterocycles. The van der Waals surface area contributed by atoms with Crippen LogP contribution in [0, 0.1) is 6.92 Å². The van der Waals surface area contributed by atoms with E-state index >= 15 is 0 Å². The number of para-hydroxylation sites is 1. The van der Waals surface area contributed by atoms with Gasteiger partial charge < -0.3 is 4.84 Å². The van der Waals surface area contributed by atoms with Crippen LogP contribution in [0.4, 0.5) is 5.69 Å². The van der Waals surface area contributed by atoms with Gasteiger partial charge in [-0.3, -0.25) is 0 Å². The molecule has 4 rings (SSSR count). The minimum absolute atomic E-state index is 0.0703. The molecule has 1 atom stereocenters. The molecule has 0 saturated carbocycles. The van der Waals surface area contributed by atoms with Crippen molar-refractivity contribution in [3.63, 3.8) is 0 Å². The third kappa shape index (κ3) is 2.57. The first-order valence-corrected chi connectivity index (χ1v) is 7.75. The molecule has 1 N–H and O–H groups in total. The topological polar surface area (TPSA) is 66.3 Å². The fourth-order valence-corrected chi connectivity index (χ4v) is 2.80. The van der Waals surface area contributed by atoms with E-state index in [1.165, 1.54) is 5.56 Å². The van der Waals surface area contributed by atoms with E-state index in [-0.39, 0.29) is 6.04 Å². The molecule has 6 heteroatoms. The van der Waals surface area contributed by atoms with Crippen LogP contribution in [-0.4, -0.2) is 5.97 Å². The van der Waals surface area contributed by atoms with Crippen molar-refractivity contribution in [1.82, 2.24) is 5.59 Å². The van der Waals surface area contributed by atoms with Crippen molar-refractivity contribution in [3.8, 4) is 0 Å². The lowest BCUT2D eigenvalue weighted by Crippen LogP contribution is -2.29. The van der Waals surface area contributed by atoms with Gasteiger partial charge in [0.1, 0.15) is 6.04 Å². The standard InChI is InChI=1S/C18H16N4O2/c1-12-7-9-13(10-8-12)15-11-16(20-19-15)17-18(23)24-21-22(17)14-5-3-2-4-6-14/h2-10,15,21H,11H2,1H3. The van der Waals surface area contributed by atoms with Crippen molar-refractivity contribution in [1.29, 1.82) is 0 Å². The van der Waals surface area contributed by atoms with Gasteiger partial charge in [-0.25, -0.2) is 9.80 Å². The van der Waals surface area contributed by atoms with E-state index in [9.17, 15) is 4.79 Å².